The van der Waals surface area contributed by atoms with Crippen LogP contribution < -0.4 is 0 Å². The number of aryl methyl sites for hydroxylation is 2. The molecular weight excluding hydrogens is 593 g/mol. The van der Waals surface area contributed by atoms with E-state index in [0.29, 0.717) is 0 Å². The summed E-state index contributed by atoms with van der Waals surface area (Å²) in [5.41, 5.74) is 12.1. The summed E-state index contributed by atoms with van der Waals surface area (Å²) in [7, 11) is 0. The van der Waals surface area contributed by atoms with Crippen LogP contribution in [0.15, 0.2) is 48.5 Å². The molecule has 0 saturated carbocycles. The molecule has 0 N–H and O–H groups in total. The third-order valence-electron chi connectivity index (χ3n) is 10.8. The van der Waals surface area contributed by atoms with Crippen molar-refractivity contribution in [3.05, 3.63) is 81.2 Å². The first-order valence-electron chi connectivity index (χ1n) is 18.4. The molecule has 1 aliphatic carbocycles. The molecule has 2 aromatic carbocycles. The SMILES string of the molecule is CCCCCCc1cc(-c2ccc3c(c2)C(C)(C)c2cc(C(C)(C)C)ccc2-3)sc1-c1cc(CCCCCC)c(C(C)(C)CC)s1. The molecule has 4 aromatic rings. The molecule has 0 nitrogen and oxygen atoms in total. The van der Waals surface area contributed by atoms with Gasteiger partial charge in [-0.2, -0.15) is 0 Å². The molecule has 0 unspecified atom stereocenters. The van der Waals surface area contributed by atoms with Crippen LogP contribution in [0, 0.1) is 0 Å². The molecule has 1 aliphatic rings. The smallest absolute Gasteiger partial charge is 0.0481 e. The van der Waals surface area contributed by atoms with Crippen molar-refractivity contribution in [1.82, 2.24) is 0 Å². The van der Waals surface area contributed by atoms with Crippen molar-refractivity contribution in [1.29, 1.82) is 0 Å². The third-order valence-corrected chi connectivity index (χ3v) is 13.7. The average Bonchev–Trinajstić information content (AvgIpc) is 3.70. The molecule has 0 fully saturated rings. The van der Waals surface area contributed by atoms with Gasteiger partial charge in [0.15, 0.2) is 0 Å². The van der Waals surface area contributed by atoms with Gasteiger partial charge in [-0.05, 0) is 106 Å². The van der Waals surface area contributed by atoms with Gasteiger partial charge in [0.1, 0.15) is 0 Å². The zero-order valence-electron chi connectivity index (χ0n) is 30.7. The first-order chi connectivity index (χ1) is 21.8. The van der Waals surface area contributed by atoms with E-state index in [1.54, 1.807) is 16.0 Å². The Morgan fingerprint density at radius 1 is 0.609 bits per heavy atom. The lowest BCUT2D eigenvalue weighted by Crippen LogP contribution is -2.17. The number of thiophene rings is 2. The second kappa shape index (κ2) is 14.1. The molecule has 5 rings (SSSR count). The maximum Gasteiger partial charge on any atom is 0.0481 e. The molecule has 0 radical (unpaired) electrons. The number of rotatable bonds is 14. The highest BCUT2D eigenvalue weighted by Crippen LogP contribution is 2.52. The van der Waals surface area contributed by atoms with E-state index in [0.717, 1.165) is 0 Å². The van der Waals surface area contributed by atoms with Crippen molar-refractivity contribution in [2.45, 2.75) is 156 Å². The van der Waals surface area contributed by atoms with E-state index in [4.69, 9.17) is 0 Å². The minimum atomic E-state index is -0.00786. The Morgan fingerprint density at radius 2 is 1.20 bits per heavy atom. The second-order valence-corrected chi connectivity index (χ2v) is 18.3. The highest BCUT2D eigenvalue weighted by Gasteiger charge is 2.36. The molecule has 0 aliphatic heterocycles. The van der Waals surface area contributed by atoms with E-state index >= 15 is 0 Å². The lowest BCUT2D eigenvalue weighted by molar-refractivity contribution is 0.510. The first-order valence-corrected chi connectivity index (χ1v) is 20.0. The summed E-state index contributed by atoms with van der Waals surface area (Å²) in [6.07, 6.45) is 14.1. The van der Waals surface area contributed by atoms with Crippen LogP contribution in [0.1, 0.15) is 160 Å². The molecule has 0 atom stereocenters. The van der Waals surface area contributed by atoms with Gasteiger partial charge in [-0.25, -0.2) is 0 Å². The van der Waals surface area contributed by atoms with Gasteiger partial charge < -0.3 is 0 Å². The van der Waals surface area contributed by atoms with E-state index in [-0.39, 0.29) is 16.2 Å². The Balaban J connectivity index is 1.55. The van der Waals surface area contributed by atoms with Gasteiger partial charge in [-0.3, -0.25) is 0 Å². The molecular formula is C44H60S2. The van der Waals surface area contributed by atoms with Crippen LogP contribution in [-0.2, 0) is 29.1 Å². The van der Waals surface area contributed by atoms with E-state index in [9.17, 15) is 0 Å². The Morgan fingerprint density at radius 3 is 1.80 bits per heavy atom. The van der Waals surface area contributed by atoms with Crippen molar-refractivity contribution in [2.24, 2.45) is 0 Å². The van der Waals surface area contributed by atoms with Crippen LogP contribution in [0.2, 0.25) is 0 Å². The molecule has 248 valence electrons. The van der Waals surface area contributed by atoms with Crippen molar-refractivity contribution < 1.29 is 0 Å². The summed E-state index contributed by atoms with van der Waals surface area (Å²) in [5.74, 6) is 0. The molecule has 46 heavy (non-hydrogen) atoms. The number of benzene rings is 2. The summed E-state index contributed by atoms with van der Waals surface area (Å²) in [4.78, 5) is 6.09. The topological polar surface area (TPSA) is 0 Å². The summed E-state index contributed by atoms with van der Waals surface area (Å²) in [5, 5.41) is 0. The summed E-state index contributed by atoms with van der Waals surface area (Å²) >= 11 is 4.15. The van der Waals surface area contributed by atoms with Crippen LogP contribution in [0.25, 0.3) is 31.3 Å². The van der Waals surface area contributed by atoms with Crippen LogP contribution >= 0.6 is 22.7 Å². The standard InChI is InChI=1S/C44H60S2/c1-11-14-16-18-20-31-27-38(45-40(31)39-28-32(21-19-17-15-12-2)41(46-39)43(7,8)13-3)30-22-24-34-35-25-23-33(42(4,5)6)29-37(35)44(9,10)36(34)26-30/h22-29H,11-21H2,1-10H3. The highest BCUT2D eigenvalue weighted by atomic mass is 32.1. The largest absolute Gasteiger partial charge is 0.139 e. The van der Waals surface area contributed by atoms with Gasteiger partial charge in [-0.1, -0.05) is 138 Å². The van der Waals surface area contributed by atoms with E-state index in [1.807, 2.05) is 11.3 Å². The molecule has 0 spiro atoms. The van der Waals surface area contributed by atoms with Crippen molar-refractivity contribution in [3.63, 3.8) is 0 Å². The Bertz CT molecular complexity index is 1630. The van der Waals surface area contributed by atoms with Gasteiger partial charge in [0.2, 0.25) is 0 Å². The van der Waals surface area contributed by atoms with Crippen LogP contribution in [0.4, 0.5) is 0 Å². The first kappa shape index (κ1) is 35.2. The Labute approximate surface area is 290 Å². The van der Waals surface area contributed by atoms with Crippen molar-refractivity contribution in [3.8, 4) is 31.3 Å². The maximum absolute atomic E-state index is 2.60. The number of hydrogen-bond donors (Lipinski definition) is 0. The van der Waals surface area contributed by atoms with Crippen molar-refractivity contribution >= 4 is 22.7 Å². The van der Waals surface area contributed by atoms with Crippen LogP contribution in [0.5, 0.6) is 0 Å². The minimum Gasteiger partial charge on any atom is -0.139 e. The quantitative estimate of drug-likeness (QED) is 0.119. The second-order valence-electron chi connectivity index (χ2n) is 16.2. The van der Waals surface area contributed by atoms with Crippen LogP contribution in [0.3, 0.4) is 0 Å². The predicted octanol–water partition coefficient (Wildman–Crippen LogP) is 14.7. The highest BCUT2D eigenvalue weighted by molar-refractivity contribution is 7.24. The molecule has 0 bridgehead atoms. The normalized spacial score (nSPS) is 14.1. The van der Waals surface area contributed by atoms with E-state index < -0.39 is 0 Å². The fourth-order valence-corrected chi connectivity index (χ4v) is 9.99. The van der Waals surface area contributed by atoms with Crippen molar-refractivity contribution in [2.75, 3.05) is 0 Å². The average molecular weight is 653 g/mol. The molecule has 2 aromatic heterocycles. The fourth-order valence-electron chi connectivity index (χ4n) is 7.27. The van der Waals surface area contributed by atoms with Gasteiger partial charge in [0.25, 0.3) is 0 Å². The molecule has 2 heteroatoms. The lowest BCUT2D eigenvalue weighted by atomic mass is 9.79. The van der Waals surface area contributed by atoms with E-state index in [1.165, 1.54) is 119 Å². The van der Waals surface area contributed by atoms with E-state index in [2.05, 4.69) is 129 Å². The summed E-state index contributed by atoms with van der Waals surface area (Å²) < 4.78 is 0. The van der Waals surface area contributed by atoms with Gasteiger partial charge in [0.05, 0.1) is 0 Å². The van der Waals surface area contributed by atoms with Gasteiger partial charge >= 0.3 is 0 Å². The Kier molecular flexibility index (Phi) is 10.8. The monoisotopic (exact) mass is 652 g/mol. The van der Waals surface area contributed by atoms with Gasteiger partial charge in [0, 0.05) is 24.9 Å². The minimum absolute atomic E-state index is 0.00786. The molecule has 0 amide bonds. The fraction of sp³-hybridized carbons (Fsp3) is 0.545. The van der Waals surface area contributed by atoms with Gasteiger partial charge in [-0.15, -0.1) is 22.7 Å². The lowest BCUT2D eigenvalue weighted by Gasteiger charge is -2.25. The summed E-state index contributed by atoms with van der Waals surface area (Å²) in [6, 6.07) is 19.7. The maximum atomic E-state index is 2.60. The zero-order chi connectivity index (χ0) is 33.3. The predicted molar refractivity (Wildman–Crippen MR) is 208 cm³/mol. The third kappa shape index (κ3) is 7.14. The number of hydrogen-bond acceptors (Lipinski definition) is 2. The van der Waals surface area contributed by atoms with Crippen LogP contribution in [-0.4, -0.2) is 0 Å². The summed E-state index contributed by atoms with van der Waals surface area (Å²) in [6.45, 7) is 23.7. The number of unbranched alkanes of at least 4 members (excludes halogenated alkanes) is 6. The molecule has 2 heterocycles. The Hall–Kier alpha value is -2.16. The zero-order valence-corrected chi connectivity index (χ0v) is 32.3. The number of fused-ring (bicyclic) bond motifs is 3. The molecule has 0 saturated heterocycles.